The Hall–Kier alpha value is -0.980. The van der Waals surface area contributed by atoms with Crippen molar-refractivity contribution in [2.75, 3.05) is 24.7 Å². The lowest BCUT2D eigenvalue weighted by atomic mass is 10.00. The fourth-order valence-electron chi connectivity index (χ4n) is 3.33. The summed E-state index contributed by atoms with van der Waals surface area (Å²) < 4.78 is 5.50. The minimum Gasteiger partial charge on any atom is -0.381 e. The van der Waals surface area contributed by atoms with E-state index in [-0.39, 0.29) is 0 Å². The summed E-state index contributed by atoms with van der Waals surface area (Å²) in [4.78, 5) is 2.53. The van der Waals surface area contributed by atoms with E-state index >= 15 is 0 Å². The molecule has 0 spiro atoms. The van der Waals surface area contributed by atoms with E-state index < -0.39 is 0 Å². The number of aromatic nitrogens is 2. The molecule has 4 nitrogen and oxygen atoms in total. The van der Waals surface area contributed by atoms with Crippen LogP contribution in [-0.2, 0) is 4.74 Å². The molecule has 6 heteroatoms. The molecule has 2 atom stereocenters. The fraction of sp³-hybridized carbons (Fsp3) is 0.625. The minimum atomic E-state index is 0.602. The Bertz CT molecular complexity index is 607. The maximum atomic E-state index is 5.50. The summed E-state index contributed by atoms with van der Waals surface area (Å²) in [6.07, 6.45) is 3.59. The molecule has 1 aliphatic carbocycles. The van der Waals surface area contributed by atoms with Crippen molar-refractivity contribution in [2.24, 2.45) is 5.92 Å². The van der Waals surface area contributed by atoms with Crippen LogP contribution in [0.1, 0.15) is 35.8 Å². The Labute approximate surface area is 139 Å². The van der Waals surface area contributed by atoms with E-state index in [2.05, 4.69) is 31.9 Å². The molecule has 0 radical (unpaired) electrons. The molecule has 1 saturated carbocycles. The normalized spacial score (nSPS) is 25.3. The summed E-state index contributed by atoms with van der Waals surface area (Å²) >= 11 is 3.52. The molecule has 1 saturated heterocycles. The monoisotopic (exact) mass is 335 g/mol. The van der Waals surface area contributed by atoms with E-state index in [1.165, 1.54) is 24.8 Å². The van der Waals surface area contributed by atoms with Crippen LogP contribution in [0.3, 0.4) is 0 Å². The molecule has 3 heterocycles. The number of nitrogens with zero attached hydrogens (tertiary/aromatic N) is 3. The molecule has 0 N–H and O–H groups in total. The Morgan fingerprint density at radius 3 is 2.86 bits per heavy atom. The molecule has 2 fully saturated rings. The van der Waals surface area contributed by atoms with Crippen molar-refractivity contribution >= 4 is 27.8 Å². The summed E-state index contributed by atoms with van der Waals surface area (Å²) in [6.45, 7) is 4.96. The van der Waals surface area contributed by atoms with Crippen LogP contribution in [0.25, 0.3) is 0 Å². The third-order valence-electron chi connectivity index (χ3n) is 4.69. The summed E-state index contributed by atoms with van der Waals surface area (Å²) in [5.74, 6) is 1.40. The molecule has 22 heavy (non-hydrogen) atoms. The minimum absolute atomic E-state index is 0.602. The fourth-order valence-corrected chi connectivity index (χ4v) is 4.81. The quantitative estimate of drug-likeness (QED) is 0.835. The second kappa shape index (κ2) is 6.26. The second-order valence-corrected chi connectivity index (χ2v) is 8.22. The van der Waals surface area contributed by atoms with Gasteiger partial charge in [0, 0.05) is 31.7 Å². The first-order valence-corrected chi connectivity index (χ1v) is 9.74. The second-order valence-electron chi connectivity index (χ2n) is 6.28. The summed E-state index contributed by atoms with van der Waals surface area (Å²) in [5.41, 5.74) is 1.49. The lowest BCUT2D eigenvalue weighted by Gasteiger charge is -2.29. The molecule has 0 bridgehead atoms. The van der Waals surface area contributed by atoms with Gasteiger partial charge in [0.05, 0.1) is 0 Å². The lowest BCUT2D eigenvalue weighted by Crippen LogP contribution is -2.34. The molecule has 2 aromatic heterocycles. The van der Waals surface area contributed by atoms with Gasteiger partial charge in [-0.15, -0.1) is 10.2 Å². The molecule has 4 rings (SSSR count). The third-order valence-corrected chi connectivity index (χ3v) is 6.26. The van der Waals surface area contributed by atoms with E-state index in [1.807, 2.05) is 6.92 Å². The maximum Gasteiger partial charge on any atom is 0.208 e. The first-order chi connectivity index (χ1) is 10.8. The third kappa shape index (κ3) is 3.05. The van der Waals surface area contributed by atoms with Crippen molar-refractivity contribution in [2.45, 2.75) is 38.1 Å². The zero-order valence-electron chi connectivity index (χ0n) is 12.8. The van der Waals surface area contributed by atoms with Crippen LogP contribution in [0.15, 0.2) is 16.8 Å². The van der Waals surface area contributed by atoms with Crippen molar-refractivity contribution in [3.8, 4) is 0 Å². The molecule has 2 aromatic rings. The van der Waals surface area contributed by atoms with Gasteiger partial charge in [-0.3, -0.25) is 0 Å². The van der Waals surface area contributed by atoms with Crippen molar-refractivity contribution in [1.29, 1.82) is 0 Å². The van der Waals surface area contributed by atoms with E-state index in [0.29, 0.717) is 12.0 Å². The van der Waals surface area contributed by atoms with Gasteiger partial charge < -0.3 is 9.64 Å². The maximum absolute atomic E-state index is 5.50. The van der Waals surface area contributed by atoms with Gasteiger partial charge >= 0.3 is 0 Å². The number of ether oxygens (including phenoxy) is 1. The molecular weight excluding hydrogens is 314 g/mol. The van der Waals surface area contributed by atoms with Crippen LogP contribution < -0.4 is 4.90 Å². The number of thiophene rings is 1. The number of hydrogen-bond acceptors (Lipinski definition) is 6. The molecule has 1 aliphatic heterocycles. The molecule has 0 unspecified atom stereocenters. The molecular formula is C16H21N3OS2. The average Bonchev–Trinajstić information content (AvgIpc) is 2.95. The van der Waals surface area contributed by atoms with Crippen LogP contribution in [0, 0.1) is 12.8 Å². The molecule has 2 aliphatic rings. The van der Waals surface area contributed by atoms with Gasteiger partial charge in [-0.25, -0.2) is 0 Å². The number of anilines is 1. The van der Waals surface area contributed by atoms with Crippen molar-refractivity contribution in [1.82, 2.24) is 10.2 Å². The molecule has 0 amide bonds. The zero-order chi connectivity index (χ0) is 14.9. The van der Waals surface area contributed by atoms with Gasteiger partial charge in [-0.1, -0.05) is 11.3 Å². The van der Waals surface area contributed by atoms with Gasteiger partial charge in [0.2, 0.25) is 5.13 Å². The Morgan fingerprint density at radius 1 is 1.32 bits per heavy atom. The predicted octanol–water partition coefficient (Wildman–Crippen LogP) is 3.70. The highest BCUT2D eigenvalue weighted by Crippen LogP contribution is 2.47. The predicted molar refractivity (Wildman–Crippen MR) is 91.0 cm³/mol. The van der Waals surface area contributed by atoms with Crippen LogP contribution in [0.4, 0.5) is 5.13 Å². The SMILES string of the molecule is Cc1nnc(N(CC2CCOCC2)[C@@H]2C[C@H]2c2ccsc2)s1. The first-order valence-electron chi connectivity index (χ1n) is 7.98. The lowest BCUT2D eigenvalue weighted by molar-refractivity contribution is 0.0681. The highest BCUT2D eigenvalue weighted by molar-refractivity contribution is 7.15. The van der Waals surface area contributed by atoms with E-state index in [0.717, 1.165) is 35.8 Å². The standard InChI is InChI=1S/C16H21N3OS2/c1-11-17-18-16(22-11)19(9-12-2-5-20-6-3-12)15-8-14(15)13-4-7-21-10-13/h4,7,10,12,14-15H,2-3,5-6,8-9H2,1H3/t14-,15+/m0/s1. The van der Waals surface area contributed by atoms with Gasteiger partial charge in [0.15, 0.2) is 0 Å². The summed E-state index contributed by atoms with van der Waals surface area (Å²) in [7, 11) is 0. The van der Waals surface area contributed by atoms with E-state index in [4.69, 9.17) is 4.74 Å². The van der Waals surface area contributed by atoms with Crippen LogP contribution >= 0.6 is 22.7 Å². The molecule has 0 aromatic carbocycles. The van der Waals surface area contributed by atoms with Gasteiger partial charge in [0.1, 0.15) is 5.01 Å². The average molecular weight is 335 g/mol. The summed E-state index contributed by atoms with van der Waals surface area (Å²) in [6, 6.07) is 2.87. The Kier molecular flexibility index (Phi) is 4.15. The van der Waals surface area contributed by atoms with Crippen LogP contribution in [0.5, 0.6) is 0 Å². The number of hydrogen-bond donors (Lipinski definition) is 0. The Balaban J connectivity index is 1.51. The van der Waals surface area contributed by atoms with Crippen LogP contribution in [0.2, 0.25) is 0 Å². The highest BCUT2D eigenvalue weighted by Gasteiger charge is 2.44. The number of rotatable bonds is 5. The van der Waals surface area contributed by atoms with Crippen molar-refractivity contribution in [3.05, 3.63) is 27.4 Å². The largest absolute Gasteiger partial charge is 0.381 e. The highest BCUT2D eigenvalue weighted by atomic mass is 32.1. The van der Waals surface area contributed by atoms with Crippen molar-refractivity contribution < 1.29 is 4.74 Å². The zero-order valence-corrected chi connectivity index (χ0v) is 14.4. The van der Waals surface area contributed by atoms with Gasteiger partial charge in [0.25, 0.3) is 0 Å². The summed E-state index contributed by atoms with van der Waals surface area (Å²) in [5, 5.41) is 15.3. The Morgan fingerprint density at radius 2 is 2.18 bits per heavy atom. The van der Waals surface area contributed by atoms with Crippen LogP contribution in [-0.4, -0.2) is 36.0 Å². The van der Waals surface area contributed by atoms with Gasteiger partial charge in [-0.05, 0) is 54.5 Å². The molecule has 118 valence electrons. The smallest absolute Gasteiger partial charge is 0.208 e. The van der Waals surface area contributed by atoms with E-state index in [1.54, 1.807) is 22.7 Å². The van der Waals surface area contributed by atoms with Gasteiger partial charge in [-0.2, -0.15) is 11.3 Å². The first kappa shape index (κ1) is 14.6. The topological polar surface area (TPSA) is 38.2 Å². The van der Waals surface area contributed by atoms with Crippen molar-refractivity contribution in [3.63, 3.8) is 0 Å². The van der Waals surface area contributed by atoms with E-state index in [9.17, 15) is 0 Å². The number of aryl methyl sites for hydroxylation is 1.